The van der Waals surface area contributed by atoms with E-state index in [0.29, 0.717) is 5.75 Å². The van der Waals surface area contributed by atoms with E-state index < -0.39 is 6.10 Å². The van der Waals surface area contributed by atoms with Crippen molar-refractivity contribution in [2.75, 3.05) is 5.32 Å². The highest BCUT2D eigenvalue weighted by atomic mass is 16.5. The summed E-state index contributed by atoms with van der Waals surface area (Å²) in [4.78, 5) is 12.7. The van der Waals surface area contributed by atoms with Gasteiger partial charge in [-0.3, -0.25) is 4.79 Å². The van der Waals surface area contributed by atoms with E-state index in [1.54, 1.807) is 6.92 Å². The number of rotatable bonds is 5. The highest BCUT2D eigenvalue weighted by Crippen LogP contribution is 2.26. The van der Waals surface area contributed by atoms with Gasteiger partial charge in [-0.2, -0.15) is 0 Å². The number of hydrogen-bond acceptors (Lipinski definition) is 4. The van der Waals surface area contributed by atoms with Crippen LogP contribution in [0, 0.1) is 13.8 Å². The fourth-order valence-electron chi connectivity index (χ4n) is 3.90. The van der Waals surface area contributed by atoms with Gasteiger partial charge in [0.2, 0.25) is 0 Å². The van der Waals surface area contributed by atoms with Gasteiger partial charge in [0.05, 0.1) is 0 Å². The van der Waals surface area contributed by atoms with Crippen LogP contribution in [-0.4, -0.2) is 26.8 Å². The van der Waals surface area contributed by atoms with Gasteiger partial charge in [0, 0.05) is 24.2 Å². The molecule has 0 saturated carbocycles. The average Bonchev–Trinajstić information content (AvgIpc) is 2.99. The molecule has 156 valence electrons. The summed E-state index contributed by atoms with van der Waals surface area (Å²) in [6, 6.07) is 13.7. The van der Waals surface area contributed by atoms with Crippen LogP contribution in [0.3, 0.4) is 0 Å². The monoisotopic (exact) mass is 404 g/mol. The minimum absolute atomic E-state index is 0.172. The SMILES string of the molecule is Cc1cccc(C)c1NC(=O)[C@H](C)Oc1cccc(-c2nnc3n2CCCCC3)c1. The Balaban J connectivity index is 1.49. The summed E-state index contributed by atoms with van der Waals surface area (Å²) in [6.45, 7) is 6.67. The number of aryl methyl sites for hydroxylation is 3. The summed E-state index contributed by atoms with van der Waals surface area (Å²) in [6.07, 6.45) is 3.87. The van der Waals surface area contributed by atoms with E-state index in [9.17, 15) is 4.79 Å². The largest absolute Gasteiger partial charge is 0.481 e. The molecule has 2 heterocycles. The van der Waals surface area contributed by atoms with Crippen molar-refractivity contribution in [3.63, 3.8) is 0 Å². The zero-order valence-electron chi connectivity index (χ0n) is 17.8. The number of nitrogens with zero attached hydrogens (tertiary/aromatic N) is 3. The topological polar surface area (TPSA) is 69.0 Å². The molecule has 0 unspecified atom stereocenters. The van der Waals surface area contributed by atoms with E-state index in [-0.39, 0.29) is 5.91 Å². The van der Waals surface area contributed by atoms with Crippen molar-refractivity contribution in [2.45, 2.75) is 59.1 Å². The number of aromatic nitrogens is 3. The maximum atomic E-state index is 12.7. The molecule has 2 aromatic carbocycles. The molecule has 30 heavy (non-hydrogen) atoms. The maximum Gasteiger partial charge on any atom is 0.265 e. The summed E-state index contributed by atoms with van der Waals surface area (Å²) >= 11 is 0. The summed E-state index contributed by atoms with van der Waals surface area (Å²) < 4.78 is 8.18. The molecular formula is C24H28N4O2. The Morgan fingerprint density at radius 1 is 1.07 bits per heavy atom. The van der Waals surface area contributed by atoms with E-state index in [1.165, 1.54) is 6.42 Å². The molecule has 1 aliphatic heterocycles. The van der Waals surface area contributed by atoms with E-state index >= 15 is 0 Å². The number of ether oxygens (including phenoxy) is 1. The second-order valence-electron chi connectivity index (χ2n) is 7.95. The molecule has 3 aromatic rings. The molecule has 0 radical (unpaired) electrons. The van der Waals surface area contributed by atoms with Gasteiger partial charge < -0.3 is 14.6 Å². The molecule has 1 N–H and O–H groups in total. The first kappa shape index (κ1) is 20.1. The number of para-hydroxylation sites is 1. The lowest BCUT2D eigenvalue weighted by Crippen LogP contribution is -2.30. The third kappa shape index (κ3) is 4.22. The first-order valence-corrected chi connectivity index (χ1v) is 10.6. The Hall–Kier alpha value is -3.15. The van der Waals surface area contributed by atoms with Gasteiger partial charge >= 0.3 is 0 Å². The van der Waals surface area contributed by atoms with Crippen LogP contribution >= 0.6 is 0 Å². The van der Waals surface area contributed by atoms with Crippen LogP contribution in [-0.2, 0) is 17.8 Å². The van der Waals surface area contributed by atoms with Gasteiger partial charge in [0.1, 0.15) is 11.6 Å². The van der Waals surface area contributed by atoms with E-state index in [4.69, 9.17) is 4.74 Å². The molecule has 0 saturated heterocycles. The van der Waals surface area contributed by atoms with Crippen molar-refractivity contribution in [1.29, 1.82) is 0 Å². The van der Waals surface area contributed by atoms with Crippen LogP contribution in [0.25, 0.3) is 11.4 Å². The maximum absolute atomic E-state index is 12.7. The lowest BCUT2D eigenvalue weighted by molar-refractivity contribution is -0.122. The van der Waals surface area contributed by atoms with Crippen LogP contribution in [0.5, 0.6) is 5.75 Å². The Morgan fingerprint density at radius 3 is 2.63 bits per heavy atom. The number of nitrogens with one attached hydrogen (secondary N) is 1. The minimum Gasteiger partial charge on any atom is -0.481 e. The molecule has 1 aliphatic rings. The van der Waals surface area contributed by atoms with Crippen molar-refractivity contribution in [1.82, 2.24) is 14.8 Å². The third-order valence-corrected chi connectivity index (χ3v) is 5.61. The highest BCUT2D eigenvalue weighted by Gasteiger charge is 2.19. The number of fused-ring (bicyclic) bond motifs is 1. The van der Waals surface area contributed by atoms with E-state index in [2.05, 4.69) is 20.1 Å². The molecule has 1 aromatic heterocycles. The van der Waals surface area contributed by atoms with Gasteiger partial charge in [-0.1, -0.05) is 36.8 Å². The molecule has 0 aliphatic carbocycles. The molecule has 0 bridgehead atoms. The van der Waals surface area contributed by atoms with Crippen LogP contribution in [0.2, 0.25) is 0 Å². The van der Waals surface area contributed by atoms with Crippen LogP contribution in [0.1, 0.15) is 43.1 Å². The Kier molecular flexibility index (Phi) is 5.84. The lowest BCUT2D eigenvalue weighted by Gasteiger charge is -2.17. The number of carbonyl (C=O) groups is 1. The standard InChI is InChI=1S/C24H28N4O2/c1-16-9-7-10-17(2)22(16)25-24(29)18(3)30-20-12-8-11-19(15-20)23-27-26-21-13-5-4-6-14-28(21)23/h7-12,15,18H,4-6,13-14H2,1-3H3,(H,25,29)/t18-/m0/s1. The van der Waals surface area contributed by atoms with Gasteiger partial charge in [-0.05, 0) is 56.9 Å². The molecule has 1 atom stereocenters. The number of hydrogen-bond donors (Lipinski definition) is 1. The van der Waals surface area contributed by atoms with Crippen LogP contribution in [0.15, 0.2) is 42.5 Å². The lowest BCUT2D eigenvalue weighted by atomic mass is 10.1. The van der Waals surface area contributed by atoms with Crippen LogP contribution in [0.4, 0.5) is 5.69 Å². The molecule has 6 nitrogen and oxygen atoms in total. The number of amides is 1. The predicted molar refractivity (Wildman–Crippen MR) is 118 cm³/mol. The first-order chi connectivity index (χ1) is 14.5. The minimum atomic E-state index is -0.630. The van der Waals surface area contributed by atoms with Crippen molar-refractivity contribution >= 4 is 11.6 Å². The second kappa shape index (κ2) is 8.69. The molecular weight excluding hydrogens is 376 g/mol. The number of benzene rings is 2. The second-order valence-corrected chi connectivity index (χ2v) is 7.95. The Bertz CT molecular complexity index is 1040. The fourth-order valence-corrected chi connectivity index (χ4v) is 3.90. The molecule has 6 heteroatoms. The van der Waals surface area contributed by atoms with Crippen molar-refractivity contribution < 1.29 is 9.53 Å². The first-order valence-electron chi connectivity index (χ1n) is 10.6. The van der Waals surface area contributed by atoms with Crippen molar-refractivity contribution in [2.24, 2.45) is 0 Å². The summed E-state index contributed by atoms with van der Waals surface area (Å²) in [7, 11) is 0. The van der Waals surface area contributed by atoms with Gasteiger partial charge in [-0.25, -0.2) is 0 Å². The molecule has 0 spiro atoms. The fraction of sp³-hybridized carbons (Fsp3) is 0.375. The summed E-state index contributed by atoms with van der Waals surface area (Å²) in [5.74, 6) is 2.39. The van der Waals surface area contributed by atoms with Crippen molar-refractivity contribution in [3.8, 4) is 17.1 Å². The van der Waals surface area contributed by atoms with Gasteiger partial charge in [0.25, 0.3) is 5.91 Å². The number of anilines is 1. The zero-order valence-corrected chi connectivity index (χ0v) is 17.8. The quantitative estimate of drug-likeness (QED) is 0.670. The summed E-state index contributed by atoms with van der Waals surface area (Å²) in [5, 5.41) is 11.8. The Labute approximate surface area is 177 Å². The van der Waals surface area contributed by atoms with Gasteiger partial charge in [-0.15, -0.1) is 10.2 Å². The molecule has 4 rings (SSSR count). The van der Waals surface area contributed by atoms with Crippen molar-refractivity contribution in [3.05, 3.63) is 59.4 Å². The molecule has 1 amide bonds. The Morgan fingerprint density at radius 2 is 1.83 bits per heavy atom. The molecule has 0 fully saturated rings. The average molecular weight is 405 g/mol. The van der Waals surface area contributed by atoms with E-state index in [0.717, 1.165) is 59.8 Å². The van der Waals surface area contributed by atoms with E-state index in [1.807, 2.05) is 56.3 Å². The number of carbonyl (C=O) groups excluding carboxylic acids is 1. The highest BCUT2D eigenvalue weighted by molar-refractivity contribution is 5.95. The third-order valence-electron chi connectivity index (χ3n) is 5.61. The normalized spacial score (nSPS) is 14.5. The van der Waals surface area contributed by atoms with Crippen LogP contribution < -0.4 is 10.1 Å². The smallest absolute Gasteiger partial charge is 0.265 e. The summed E-state index contributed by atoms with van der Waals surface area (Å²) in [5.41, 5.74) is 3.86. The van der Waals surface area contributed by atoms with Gasteiger partial charge in [0.15, 0.2) is 11.9 Å². The zero-order chi connectivity index (χ0) is 21.1. The predicted octanol–water partition coefficient (Wildman–Crippen LogP) is 4.69.